The van der Waals surface area contributed by atoms with Crippen LogP contribution in [0.15, 0.2) is 243 Å². The lowest BCUT2D eigenvalue weighted by Gasteiger charge is -2.44. The maximum absolute atomic E-state index is 9.65. The fourth-order valence-corrected chi connectivity index (χ4v) is 10.0. The number of nitrogens with zero attached hydrogens (tertiary/aromatic N) is 3. The largest absolute Gasteiger partial charge is 0.311 e. The summed E-state index contributed by atoms with van der Waals surface area (Å²) in [5, 5.41) is 9.65. The van der Waals surface area contributed by atoms with Crippen molar-refractivity contribution in [2.45, 2.75) is 0 Å². The maximum Gasteiger partial charge on any atom is 0.252 e. The summed E-state index contributed by atoms with van der Waals surface area (Å²) >= 11 is 0. The number of para-hydroxylation sites is 1. The van der Waals surface area contributed by atoms with Crippen molar-refractivity contribution in [2.75, 3.05) is 9.80 Å². The van der Waals surface area contributed by atoms with Gasteiger partial charge in [-0.25, -0.2) is 0 Å². The molecule has 0 saturated heterocycles. The third-order valence-electron chi connectivity index (χ3n) is 13.0. The van der Waals surface area contributed by atoms with E-state index in [2.05, 4.69) is 246 Å². The van der Waals surface area contributed by atoms with Gasteiger partial charge < -0.3 is 9.80 Å². The van der Waals surface area contributed by atoms with Crippen LogP contribution in [0.5, 0.6) is 0 Å². The Morgan fingerprint density at radius 1 is 0.292 bits per heavy atom. The molecule has 0 fully saturated rings. The van der Waals surface area contributed by atoms with Crippen LogP contribution in [0.2, 0.25) is 0 Å². The Morgan fingerprint density at radius 2 is 0.677 bits per heavy atom. The van der Waals surface area contributed by atoms with Gasteiger partial charge >= 0.3 is 0 Å². The van der Waals surface area contributed by atoms with Gasteiger partial charge in [0, 0.05) is 34.1 Å². The predicted octanol–water partition coefficient (Wildman–Crippen LogP) is 14.0. The molecular formula is C61H40BN3. The minimum Gasteiger partial charge on any atom is -0.311 e. The van der Waals surface area contributed by atoms with E-state index in [9.17, 15) is 5.26 Å². The molecule has 0 N–H and O–H groups in total. The summed E-state index contributed by atoms with van der Waals surface area (Å²) in [6, 6.07) is 89.9. The monoisotopic (exact) mass is 825 g/mol. The first kappa shape index (κ1) is 38.1. The number of anilines is 6. The van der Waals surface area contributed by atoms with Crippen molar-refractivity contribution in [3.8, 4) is 61.7 Å². The molecule has 2 heterocycles. The Labute approximate surface area is 380 Å². The average Bonchev–Trinajstić information content (AvgIpc) is 3.39. The van der Waals surface area contributed by atoms with Crippen molar-refractivity contribution >= 4 is 57.2 Å². The lowest BCUT2D eigenvalue weighted by molar-refractivity contribution is 1.25. The first-order valence-electron chi connectivity index (χ1n) is 22.2. The highest BCUT2D eigenvalue weighted by Gasteiger charge is 2.43. The lowest BCUT2D eigenvalue weighted by Crippen LogP contribution is -2.61. The van der Waals surface area contributed by atoms with Crippen molar-refractivity contribution in [3.63, 3.8) is 0 Å². The maximum atomic E-state index is 9.65. The number of hydrogen-bond acceptors (Lipinski definition) is 3. The molecule has 0 atom stereocenters. The molecule has 65 heavy (non-hydrogen) atoms. The number of benzene rings is 10. The van der Waals surface area contributed by atoms with E-state index in [0.717, 1.165) is 67.5 Å². The van der Waals surface area contributed by atoms with Crippen molar-refractivity contribution < 1.29 is 0 Å². The van der Waals surface area contributed by atoms with Gasteiger partial charge in [-0.1, -0.05) is 170 Å². The highest BCUT2D eigenvalue weighted by Crippen LogP contribution is 2.47. The summed E-state index contributed by atoms with van der Waals surface area (Å²) in [5.41, 5.74) is 22.7. The summed E-state index contributed by atoms with van der Waals surface area (Å²) in [6.07, 6.45) is 0. The Bertz CT molecular complexity index is 3310. The van der Waals surface area contributed by atoms with E-state index in [1.54, 1.807) is 0 Å². The number of rotatable bonds is 7. The molecule has 2 aliphatic rings. The van der Waals surface area contributed by atoms with Crippen LogP contribution >= 0.6 is 0 Å². The molecule has 10 aromatic rings. The highest BCUT2D eigenvalue weighted by molar-refractivity contribution is 7.00. The van der Waals surface area contributed by atoms with Crippen LogP contribution in [0.3, 0.4) is 0 Å². The minimum atomic E-state index is -0.0602. The normalized spacial score (nSPS) is 12.2. The second kappa shape index (κ2) is 15.9. The second-order valence-corrected chi connectivity index (χ2v) is 16.8. The van der Waals surface area contributed by atoms with Gasteiger partial charge in [-0.2, -0.15) is 5.26 Å². The first-order valence-corrected chi connectivity index (χ1v) is 22.2. The van der Waals surface area contributed by atoms with Gasteiger partial charge in [-0.05, 0) is 145 Å². The van der Waals surface area contributed by atoms with Gasteiger partial charge in [-0.15, -0.1) is 0 Å². The average molecular weight is 826 g/mol. The van der Waals surface area contributed by atoms with Crippen molar-refractivity contribution in [1.82, 2.24) is 0 Å². The predicted molar refractivity (Wildman–Crippen MR) is 272 cm³/mol. The molecule has 3 nitrogen and oxygen atoms in total. The summed E-state index contributed by atoms with van der Waals surface area (Å²) in [6.45, 7) is -0.0602. The van der Waals surface area contributed by atoms with Gasteiger partial charge in [-0.3, -0.25) is 0 Å². The molecule has 2 aliphatic heterocycles. The molecule has 0 amide bonds. The summed E-state index contributed by atoms with van der Waals surface area (Å²) < 4.78 is 0. The van der Waals surface area contributed by atoms with E-state index < -0.39 is 0 Å². The fourth-order valence-electron chi connectivity index (χ4n) is 10.0. The Balaban J connectivity index is 1.13. The number of nitriles is 1. The van der Waals surface area contributed by atoms with E-state index in [0.29, 0.717) is 5.56 Å². The van der Waals surface area contributed by atoms with Crippen LogP contribution in [0.25, 0.3) is 55.6 Å². The molecule has 0 spiro atoms. The standard InChI is InChI=1S/C61H40BN3/c63-41-42-28-30-47(31-29-42)48-32-33-58-56(40-48)62-55-24-13-14-25-57(55)64(53-36-49(43-16-5-1-6-17-43)34-50(37-53)44-18-7-2-8-19-44)59-26-15-27-60(61(59)62)65(58)54-38-51(45-20-9-3-10-21-45)35-52(39-54)46-22-11-4-12-23-46/h1-40H. The van der Waals surface area contributed by atoms with E-state index in [1.165, 1.54) is 38.6 Å². The molecule has 12 rings (SSSR count). The fraction of sp³-hybridized carbons (Fsp3) is 0. The lowest BCUT2D eigenvalue weighted by atomic mass is 9.33. The quantitative estimate of drug-likeness (QED) is 0.150. The molecule has 0 unspecified atom stereocenters. The highest BCUT2D eigenvalue weighted by atomic mass is 15.2. The Morgan fingerprint density at radius 3 is 1.14 bits per heavy atom. The Kier molecular flexibility index (Phi) is 9.32. The van der Waals surface area contributed by atoms with Crippen LogP contribution in [0, 0.1) is 11.3 Å². The SMILES string of the molecule is N#Cc1ccc(-c2ccc3c(c2)B2c4ccccc4N(c4cc(-c5ccccc5)cc(-c5ccccc5)c4)c4cccc(c42)N3c2cc(-c3ccccc3)cc(-c3ccccc3)c2)cc1. The topological polar surface area (TPSA) is 30.3 Å². The van der Waals surface area contributed by atoms with Crippen LogP contribution in [0.1, 0.15) is 5.56 Å². The van der Waals surface area contributed by atoms with Gasteiger partial charge in [0.15, 0.2) is 0 Å². The molecule has 0 saturated carbocycles. The number of fused-ring (bicyclic) bond motifs is 4. The van der Waals surface area contributed by atoms with Crippen LogP contribution in [0.4, 0.5) is 34.1 Å². The van der Waals surface area contributed by atoms with Gasteiger partial charge in [0.2, 0.25) is 0 Å². The van der Waals surface area contributed by atoms with E-state index in [1.807, 2.05) is 12.1 Å². The molecule has 4 heteroatoms. The zero-order chi connectivity index (χ0) is 43.3. The molecule has 0 bridgehead atoms. The van der Waals surface area contributed by atoms with E-state index in [4.69, 9.17) is 0 Å². The zero-order valence-corrected chi connectivity index (χ0v) is 35.5. The van der Waals surface area contributed by atoms with E-state index >= 15 is 0 Å². The third-order valence-corrected chi connectivity index (χ3v) is 13.0. The molecule has 10 aromatic carbocycles. The molecule has 302 valence electrons. The van der Waals surface area contributed by atoms with Crippen LogP contribution < -0.4 is 26.2 Å². The molecular weight excluding hydrogens is 786 g/mol. The van der Waals surface area contributed by atoms with Gasteiger partial charge in [0.05, 0.1) is 11.6 Å². The van der Waals surface area contributed by atoms with Gasteiger partial charge in [0.1, 0.15) is 0 Å². The first-order chi connectivity index (χ1) is 32.2. The van der Waals surface area contributed by atoms with Crippen molar-refractivity contribution in [2.24, 2.45) is 0 Å². The van der Waals surface area contributed by atoms with Crippen molar-refractivity contribution in [3.05, 3.63) is 248 Å². The zero-order valence-electron chi connectivity index (χ0n) is 35.5. The Hall–Kier alpha value is -8.65. The second-order valence-electron chi connectivity index (χ2n) is 16.8. The smallest absolute Gasteiger partial charge is 0.252 e. The summed E-state index contributed by atoms with van der Waals surface area (Å²) in [4.78, 5) is 4.99. The van der Waals surface area contributed by atoms with Crippen LogP contribution in [-0.2, 0) is 0 Å². The van der Waals surface area contributed by atoms with Crippen LogP contribution in [-0.4, -0.2) is 6.71 Å². The van der Waals surface area contributed by atoms with Crippen molar-refractivity contribution in [1.29, 1.82) is 5.26 Å². The van der Waals surface area contributed by atoms with Gasteiger partial charge in [0.25, 0.3) is 6.71 Å². The number of hydrogen-bond donors (Lipinski definition) is 0. The summed E-state index contributed by atoms with van der Waals surface area (Å²) in [7, 11) is 0. The minimum absolute atomic E-state index is 0.0602. The summed E-state index contributed by atoms with van der Waals surface area (Å²) in [5.74, 6) is 0. The molecule has 0 aromatic heterocycles. The molecule has 0 radical (unpaired) electrons. The van der Waals surface area contributed by atoms with E-state index in [-0.39, 0.29) is 6.71 Å². The molecule has 0 aliphatic carbocycles. The third kappa shape index (κ3) is 6.70.